The van der Waals surface area contributed by atoms with E-state index in [1.165, 1.54) is 17.1 Å². The lowest BCUT2D eigenvalue weighted by atomic mass is 9.94. The molecule has 1 aromatic rings. The summed E-state index contributed by atoms with van der Waals surface area (Å²) in [4.78, 5) is 43.9. The number of allylic oxidation sites excluding steroid dienone is 2. The van der Waals surface area contributed by atoms with Crippen LogP contribution >= 0.6 is 0 Å². The zero-order chi connectivity index (χ0) is 27.8. The van der Waals surface area contributed by atoms with E-state index in [9.17, 15) is 23.9 Å². The number of carbonyl (C=O) groups excluding carboxylic acids is 3. The third-order valence-electron chi connectivity index (χ3n) is 6.55. The van der Waals surface area contributed by atoms with Gasteiger partial charge in [-0.25, -0.2) is 9.18 Å². The number of esters is 1. The van der Waals surface area contributed by atoms with Crippen molar-refractivity contribution in [3.63, 3.8) is 0 Å². The quantitative estimate of drug-likeness (QED) is 0.527. The third kappa shape index (κ3) is 8.08. The van der Waals surface area contributed by atoms with Gasteiger partial charge in [-0.1, -0.05) is 55.8 Å². The van der Waals surface area contributed by atoms with Crippen molar-refractivity contribution in [2.45, 2.75) is 77.8 Å². The minimum Gasteiger partial charge on any atom is -0.460 e. The average molecular weight is 533 g/mol. The molecule has 2 aliphatic heterocycles. The van der Waals surface area contributed by atoms with Gasteiger partial charge in [0.2, 0.25) is 11.8 Å². The van der Waals surface area contributed by atoms with Gasteiger partial charge in [-0.2, -0.15) is 4.98 Å². The summed E-state index contributed by atoms with van der Waals surface area (Å²) >= 11 is 0. The molecular weight excluding hydrogens is 495 g/mol. The first kappa shape index (κ1) is 29.2. The fourth-order valence-corrected chi connectivity index (χ4v) is 4.64. The van der Waals surface area contributed by atoms with Crippen LogP contribution < -0.4 is 5.32 Å². The second-order valence-electron chi connectivity index (χ2n) is 10.2. The Morgan fingerprint density at radius 2 is 2.00 bits per heavy atom. The molecule has 0 spiro atoms. The lowest BCUT2D eigenvalue weighted by Crippen LogP contribution is -2.44. The molecule has 3 rings (SSSR count). The van der Waals surface area contributed by atoms with Gasteiger partial charge in [0.1, 0.15) is 18.3 Å². The zero-order valence-corrected chi connectivity index (χ0v) is 22.3. The fourth-order valence-electron chi connectivity index (χ4n) is 4.64. The Balaban J connectivity index is 1.85. The SMILES string of the molecule is CC1=CC(O)CC(F)Cc2nc(no2)C(=O)N2CCCC2C(=O)OC(C(C)C)C(C)/C=C/C(=O)NCC=C1. The monoisotopic (exact) mass is 532 g/mol. The summed E-state index contributed by atoms with van der Waals surface area (Å²) in [5.74, 6) is -2.05. The molecule has 1 aromatic heterocycles. The van der Waals surface area contributed by atoms with Crippen LogP contribution in [0.25, 0.3) is 0 Å². The van der Waals surface area contributed by atoms with E-state index in [-0.39, 0.29) is 48.8 Å². The molecule has 5 unspecified atom stereocenters. The molecule has 38 heavy (non-hydrogen) atoms. The van der Waals surface area contributed by atoms with Crippen molar-refractivity contribution in [2.24, 2.45) is 11.8 Å². The summed E-state index contributed by atoms with van der Waals surface area (Å²) in [6, 6.07) is -0.808. The van der Waals surface area contributed by atoms with Gasteiger partial charge in [0.05, 0.1) is 12.5 Å². The number of amides is 2. The van der Waals surface area contributed by atoms with Crippen molar-refractivity contribution < 1.29 is 33.1 Å². The van der Waals surface area contributed by atoms with Crippen molar-refractivity contribution in [2.75, 3.05) is 13.1 Å². The first-order valence-electron chi connectivity index (χ1n) is 13.0. The Labute approximate surface area is 222 Å². The largest absolute Gasteiger partial charge is 0.460 e. The van der Waals surface area contributed by atoms with Crippen LogP contribution in [0.4, 0.5) is 4.39 Å². The number of nitrogens with zero attached hydrogens (tertiary/aromatic N) is 3. The van der Waals surface area contributed by atoms with Crippen LogP contribution in [0.3, 0.4) is 0 Å². The van der Waals surface area contributed by atoms with E-state index in [1.807, 2.05) is 20.8 Å². The number of aromatic nitrogens is 2. The van der Waals surface area contributed by atoms with Crippen LogP contribution in [-0.4, -0.2) is 75.4 Å². The minimum absolute atomic E-state index is 0.0387. The number of ether oxygens (including phenoxy) is 1. The molecule has 3 heterocycles. The average Bonchev–Trinajstić information content (AvgIpc) is 3.52. The highest BCUT2D eigenvalue weighted by molar-refractivity contribution is 5.94. The van der Waals surface area contributed by atoms with Crippen molar-refractivity contribution in [3.05, 3.63) is 47.7 Å². The number of hydrogen-bond donors (Lipinski definition) is 2. The molecular formula is C27H37FN4O6. The number of cyclic esters (lactones) is 1. The van der Waals surface area contributed by atoms with Gasteiger partial charge in [-0.15, -0.1) is 0 Å². The lowest BCUT2D eigenvalue weighted by Gasteiger charge is -2.29. The number of carbonyl (C=O) groups is 3. The highest BCUT2D eigenvalue weighted by atomic mass is 19.1. The lowest BCUT2D eigenvalue weighted by molar-refractivity contribution is -0.158. The van der Waals surface area contributed by atoms with Crippen molar-refractivity contribution in [1.82, 2.24) is 20.4 Å². The van der Waals surface area contributed by atoms with E-state index in [0.29, 0.717) is 25.0 Å². The predicted octanol–water partition coefficient (Wildman–Crippen LogP) is 2.70. The molecule has 2 amide bonds. The molecule has 2 N–H and O–H groups in total. The zero-order valence-electron chi connectivity index (χ0n) is 22.3. The van der Waals surface area contributed by atoms with Crippen molar-refractivity contribution >= 4 is 17.8 Å². The summed E-state index contributed by atoms with van der Waals surface area (Å²) in [7, 11) is 0. The molecule has 0 saturated carbocycles. The number of rotatable bonds is 1. The standard InChI is InChI=1S/C27H37FN4O6/c1-16(2)24-18(4)9-10-22(34)29-11-5-7-17(3)13-20(33)14-19(28)15-23-30-25(31-38-23)26(35)32-12-6-8-21(32)27(36)37-24/h5,7,9-10,13,16,18-21,24,33H,6,8,11-12,14-15H2,1-4H3,(H,29,34)/b7-5?,10-9+,17-13?. The van der Waals surface area contributed by atoms with Crippen LogP contribution in [0.5, 0.6) is 0 Å². The summed E-state index contributed by atoms with van der Waals surface area (Å²) in [6.07, 6.45) is 5.57. The predicted molar refractivity (Wildman–Crippen MR) is 137 cm³/mol. The minimum atomic E-state index is -1.49. The van der Waals surface area contributed by atoms with E-state index in [0.717, 1.165) is 0 Å². The van der Waals surface area contributed by atoms with E-state index in [2.05, 4.69) is 15.5 Å². The van der Waals surface area contributed by atoms with E-state index in [1.54, 1.807) is 25.2 Å². The molecule has 208 valence electrons. The van der Waals surface area contributed by atoms with Gasteiger partial charge in [-0.3, -0.25) is 9.59 Å². The van der Waals surface area contributed by atoms with E-state index in [4.69, 9.17) is 9.26 Å². The number of aliphatic hydroxyl groups excluding tert-OH is 1. The second-order valence-corrected chi connectivity index (χ2v) is 10.2. The van der Waals surface area contributed by atoms with Crippen LogP contribution in [0, 0.1) is 11.8 Å². The molecule has 11 heteroatoms. The maximum atomic E-state index is 14.6. The van der Waals surface area contributed by atoms with E-state index < -0.39 is 36.3 Å². The van der Waals surface area contributed by atoms with E-state index >= 15 is 0 Å². The molecule has 0 radical (unpaired) electrons. The number of hydrogen-bond acceptors (Lipinski definition) is 8. The highest BCUT2D eigenvalue weighted by Crippen LogP contribution is 2.25. The normalized spacial score (nSPS) is 29.4. The summed E-state index contributed by atoms with van der Waals surface area (Å²) < 4.78 is 25.5. The number of halogens is 1. The molecule has 1 saturated heterocycles. The Bertz CT molecular complexity index is 1080. The van der Waals surface area contributed by atoms with Crippen LogP contribution in [0.15, 0.2) is 40.5 Å². The topological polar surface area (TPSA) is 135 Å². The van der Waals surface area contributed by atoms with Gasteiger partial charge in [-0.05, 0) is 31.8 Å². The first-order valence-corrected chi connectivity index (χ1v) is 13.0. The molecule has 0 aliphatic carbocycles. The Kier molecular flexibility index (Phi) is 10.3. The molecule has 2 bridgehead atoms. The summed E-state index contributed by atoms with van der Waals surface area (Å²) in [5, 5.41) is 16.7. The molecule has 5 atom stereocenters. The third-order valence-corrected chi connectivity index (χ3v) is 6.55. The maximum Gasteiger partial charge on any atom is 0.329 e. The summed E-state index contributed by atoms with van der Waals surface area (Å²) in [5.41, 5.74) is 0.703. The van der Waals surface area contributed by atoms with Gasteiger partial charge in [0.25, 0.3) is 11.7 Å². The van der Waals surface area contributed by atoms with Gasteiger partial charge in [0, 0.05) is 25.4 Å². The van der Waals surface area contributed by atoms with Crippen molar-refractivity contribution in [3.8, 4) is 0 Å². The molecule has 1 fully saturated rings. The Morgan fingerprint density at radius 1 is 1.24 bits per heavy atom. The first-order chi connectivity index (χ1) is 18.0. The fraction of sp³-hybridized carbons (Fsp3) is 0.593. The van der Waals surface area contributed by atoms with Gasteiger partial charge < -0.3 is 24.6 Å². The second kappa shape index (κ2) is 13.5. The van der Waals surface area contributed by atoms with Crippen LogP contribution in [0.1, 0.15) is 63.5 Å². The molecule has 0 aromatic carbocycles. The van der Waals surface area contributed by atoms with Crippen molar-refractivity contribution in [1.29, 1.82) is 0 Å². The van der Waals surface area contributed by atoms with Crippen LogP contribution in [0.2, 0.25) is 0 Å². The number of nitrogens with one attached hydrogen (secondary N) is 1. The molecule has 10 nitrogen and oxygen atoms in total. The van der Waals surface area contributed by atoms with Gasteiger partial charge >= 0.3 is 5.97 Å². The number of fused-ring (bicyclic) bond motifs is 3. The summed E-state index contributed by atoms with van der Waals surface area (Å²) in [6.45, 7) is 8.04. The van der Waals surface area contributed by atoms with Gasteiger partial charge in [0.15, 0.2) is 0 Å². The van der Waals surface area contributed by atoms with Crippen LogP contribution in [-0.2, 0) is 20.7 Å². The highest BCUT2D eigenvalue weighted by Gasteiger charge is 2.39. The number of aliphatic hydroxyl groups is 1. The molecule has 2 aliphatic rings. The Morgan fingerprint density at radius 3 is 2.74 bits per heavy atom. The smallest absolute Gasteiger partial charge is 0.329 e. The number of alkyl halides is 1. The Hall–Kier alpha value is -3.34. The maximum absolute atomic E-state index is 14.6.